The van der Waals surface area contributed by atoms with Gasteiger partial charge in [0.05, 0.1) is 23.7 Å². The van der Waals surface area contributed by atoms with Crippen LogP contribution < -0.4 is 36.5 Å². The summed E-state index contributed by atoms with van der Waals surface area (Å²) < 4.78 is 19.2. The first-order valence-electron chi connectivity index (χ1n) is 11.3. The molecule has 8 heteroatoms. The highest BCUT2D eigenvalue weighted by Crippen LogP contribution is 2.41. The number of aromatic nitrogens is 1. The van der Waals surface area contributed by atoms with Gasteiger partial charge in [0.25, 0.3) is 0 Å². The minimum atomic E-state index is 0. The summed E-state index contributed by atoms with van der Waals surface area (Å²) in [6, 6.07) is 16.2. The van der Waals surface area contributed by atoms with Gasteiger partial charge in [0.1, 0.15) is 5.75 Å². The second-order valence-electron chi connectivity index (χ2n) is 8.52. The highest BCUT2D eigenvalue weighted by molar-refractivity contribution is 6.35. The van der Waals surface area contributed by atoms with E-state index in [1.54, 1.807) is 13.2 Å². The number of nitrogens with zero attached hydrogens (tertiary/aromatic N) is 1. The number of anilines is 1. The molecule has 0 saturated carbocycles. The van der Waals surface area contributed by atoms with E-state index < -0.39 is 0 Å². The molecule has 1 aromatic heterocycles. The fourth-order valence-electron chi connectivity index (χ4n) is 4.82. The van der Waals surface area contributed by atoms with E-state index in [0.717, 1.165) is 58.7 Å². The second-order valence-corrected chi connectivity index (χ2v) is 9.37. The van der Waals surface area contributed by atoms with Crippen LogP contribution in [0.15, 0.2) is 54.7 Å². The molecule has 0 aliphatic carbocycles. The Morgan fingerprint density at radius 1 is 1.03 bits per heavy atom. The lowest BCUT2D eigenvalue weighted by atomic mass is 9.95. The number of benzene rings is 3. The van der Waals surface area contributed by atoms with Crippen LogP contribution in [0.4, 0.5) is 5.69 Å². The molecule has 180 valence electrons. The molecule has 0 radical (unpaired) electrons. The van der Waals surface area contributed by atoms with Crippen LogP contribution in [-0.4, -0.2) is 20.4 Å². The molecule has 6 rings (SSSR count). The Hall–Kier alpha value is -2.86. The molecule has 2 aliphatic rings. The monoisotopic (exact) mass is 528 g/mol. The van der Waals surface area contributed by atoms with Gasteiger partial charge in [-0.2, -0.15) is 4.57 Å². The number of methoxy groups -OCH3 is 1. The summed E-state index contributed by atoms with van der Waals surface area (Å²) in [4.78, 5) is 0. The van der Waals surface area contributed by atoms with E-state index in [1.165, 1.54) is 16.8 Å². The molecule has 0 unspecified atom stereocenters. The molecule has 0 fully saturated rings. The van der Waals surface area contributed by atoms with Crippen molar-refractivity contribution >= 4 is 39.7 Å². The summed E-state index contributed by atoms with van der Waals surface area (Å²) >= 11 is 12.4. The molecular formula is C27H23Cl3N2O3. The minimum Gasteiger partial charge on any atom is -1.00 e. The van der Waals surface area contributed by atoms with E-state index >= 15 is 0 Å². The third kappa shape index (κ3) is 4.33. The molecule has 5 nitrogen and oxygen atoms in total. The topological polar surface area (TPSA) is 43.6 Å². The lowest BCUT2D eigenvalue weighted by Crippen LogP contribution is -3.00. The van der Waals surface area contributed by atoms with Crippen LogP contribution in [0.1, 0.15) is 11.1 Å². The van der Waals surface area contributed by atoms with E-state index in [2.05, 4.69) is 40.3 Å². The zero-order valence-electron chi connectivity index (χ0n) is 19.0. The van der Waals surface area contributed by atoms with Gasteiger partial charge in [-0.15, -0.1) is 0 Å². The van der Waals surface area contributed by atoms with Gasteiger partial charge >= 0.3 is 0 Å². The molecule has 0 atom stereocenters. The second kappa shape index (κ2) is 9.65. The predicted molar refractivity (Wildman–Crippen MR) is 135 cm³/mol. The zero-order chi connectivity index (χ0) is 23.2. The molecule has 0 amide bonds. The van der Waals surface area contributed by atoms with E-state index in [4.69, 9.17) is 37.4 Å². The average molecular weight is 530 g/mol. The number of nitrogens with one attached hydrogen (secondary N) is 1. The van der Waals surface area contributed by atoms with Gasteiger partial charge in [-0.1, -0.05) is 35.3 Å². The van der Waals surface area contributed by atoms with Crippen LogP contribution in [0, 0.1) is 0 Å². The Labute approximate surface area is 219 Å². The van der Waals surface area contributed by atoms with Crippen molar-refractivity contribution in [3.63, 3.8) is 0 Å². The summed E-state index contributed by atoms with van der Waals surface area (Å²) in [6.45, 7) is 1.89. The Kier molecular flexibility index (Phi) is 6.58. The molecule has 0 saturated heterocycles. The number of halogens is 3. The largest absolute Gasteiger partial charge is 1.00 e. The first-order chi connectivity index (χ1) is 16.6. The molecule has 35 heavy (non-hydrogen) atoms. The van der Waals surface area contributed by atoms with Crippen molar-refractivity contribution in [3.8, 4) is 28.5 Å². The van der Waals surface area contributed by atoms with Crippen LogP contribution >= 0.6 is 23.2 Å². The Bertz CT molecular complexity index is 1440. The lowest BCUT2D eigenvalue weighted by molar-refractivity contribution is -0.686. The van der Waals surface area contributed by atoms with Gasteiger partial charge in [-0.25, -0.2) is 0 Å². The van der Waals surface area contributed by atoms with Crippen LogP contribution in [0.3, 0.4) is 0 Å². The SMILES string of the molecule is COc1ccc2cc3[n+](cc2c1NCCc1ccc(Cl)cc1Cl)CCc1cc2c(cc1-3)OCO2.[Cl-]. The number of aryl methyl sites for hydroxylation is 2. The van der Waals surface area contributed by atoms with Gasteiger partial charge in [-0.3, -0.25) is 0 Å². The van der Waals surface area contributed by atoms with E-state index in [1.807, 2.05) is 18.2 Å². The number of rotatable bonds is 5. The zero-order valence-corrected chi connectivity index (χ0v) is 21.3. The minimum absolute atomic E-state index is 0. The Morgan fingerprint density at radius 2 is 1.86 bits per heavy atom. The molecule has 2 aliphatic heterocycles. The molecular weight excluding hydrogens is 507 g/mol. The molecule has 0 bridgehead atoms. The normalized spacial score (nSPS) is 13.1. The lowest BCUT2D eigenvalue weighted by Gasteiger charge is -2.18. The first kappa shape index (κ1) is 23.9. The van der Waals surface area contributed by atoms with Gasteiger partial charge < -0.3 is 31.9 Å². The van der Waals surface area contributed by atoms with Crippen LogP contribution in [-0.2, 0) is 19.4 Å². The van der Waals surface area contributed by atoms with Crippen molar-refractivity contribution in [1.29, 1.82) is 0 Å². The number of hydrogen-bond acceptors (Lipinski definition) is 4. The summed E-state index contributed by atoms with van der Waals surface area (Å²) in [7, 11) is 1.70. The number of ether oxygens (including phenoxy) is 3. The van der Waals surface area contributed by atoms with E-state index in [-0.39, 0.29) is 19.2 Å². The van der Waals surface area contributed by atoms with E-state index in [9.17, 15) is 0 Å². The van der Waals surface area contributed by atoms with Crippen LogP contribution in [0.25, 0.3) is 22.0 Å². The van der Waals surface area contributed by atoms with Crippen molar-refractivity contribution in [2.24, 2.45) is 0 Å². The fraction of sp³-hybridized carbons (Fsp3) is 0.222. The third-order valence-corrected chi connectivity index (χ3v) is 7.14. The van der Waals surface area contributed by atoms with Gasteiger partial charge in [-0.05, 0) is 53.3 Å². The summed E-state index contributed by atoms with van der Waals surface area (Å²) in [5.41, 5.74) is 5.70. The highest BCUT2D eigenvalue weighted by atomic mass is 35.5. The summed E-state index contributed by atoms with van der Waals surface area (Å²) in [5, 5.41) is 7.18. The van der Waals surface area contributed by atoms with Crippen LogP contribution in [0.5, 0.6) is 17.2 Å². The van der Waals surface area contributed by atoms with Gasteiger partial charge in [0.2, 0.25) is 12.5 Å². The van der Waals surface area contributed by atoms with E-state index in [0.29, 0.717) is 16.6 Å². The van der Waals surface area contributed by atoms with Crippen molar-refractivity contribution in [2.45, 2.75) is 19.4 Å². The number of pyridine rings is 1. The maximum atomic E-state index is 6.36. The van der Waals surface area contributed by atoms with Crippen molar-refractivity contribution in [3.05, 3.63) is 75.9 Å². The standard InChI is InChI=1S/C27H22Cl2N2O3.ClH/c1-32-24-5-3-17-10-23-20-13-26-25(33-15-34-26)11-18(20)7-9-31(23)14-21(17)27(24)30-8-6-16-2-4-19(28)12-22(16)29;/h2-5,10-14H,6-9,15H2,1H3;1H. The summed E-state index contributed by atoms with van der Waals surface area (Å²) in [6.07, 6.45) is 3.93. The van der Waals surface area contributed by atoms with Gasteiger partial charge in [0.15, 0.2) is 24.2 Å². The van der Waals surface area contributed by atoms with Crippen molar-refractivity contribution in [1.82, 2.24) is 0 Å². The van der Waals surface area contributed by atoms with Crippen molar-refractivity contribution < 1.29 is 31.2 Å². The first-order valence-corrected chi connectivity index (χ1v) is 12.0. The van der Waals surface area contributed by atoms with Crippen molar-refractivity contribution in [2.75, 3.05) is 25.8 Å². The van der Waals surface area contributed by atoms with Crippen LogP contribution in [0.2, 0.25) is 10.0 Å². The Balaban J connectivity index is 0.00000253. The molecule has 4 aromatic rings. The summed E-state index contributed by atoms with van der Waals surface area (Å²) in [5.74, 6) is 2.46. The predicted octanol–water partition coefficient (Wildman–Crippen LogP) is 3.05. The number of hydrogen-bond donors (Lipinski definition) is 1. The molecule has 3 heterocycles. The molecule has 3 aromatic carbocycles. The van der Waals surface area contributed by atoms with Gasteiger partial charge in [0, 0.05) is 29.1 Å². The Morgan fingerprint density at radius 3 is 2.66 bits per heavy atom. The maximum absolute atomic E-state index is 6.36. The smallest absolute Gasteiger partial charge is 0.231 e. The number of fused-ring (bicyclic) bond motifs is 5. The highest BCUT2D eigenvalue weighted by Gasteiger charge is 2.28. The fourth-order valence-corrected chi connectivity index (χ4v) is 5.33. The quantitative estimate of drug-likeness (QED) is 0.404. The molecule has 1 N–H and O–H groups in total. The third-order valence-electron chi connectivity index (χ3n) is 6.56. The average Bonchev–Trinajstić information content (AvgIpc) is 3.30. The maximum Gasteiger partial charge on any atom is 0.231 e. The molecule has 0 spiro atoms.